The van der Waals surface area contributed by atoms with Crippen molar-refractivity contribution in [2.45, 2.75) is 26.4 Å². The molecular formula is C14H25N3. The van der Waals surface area contributed by atoms with E-state index in [0.717, 1.165) is 13.1 Å². The van der Waals surface area contributed by atoms with Gasteiger partial charge in [0.1, 0.15) is 0 Å². The fourth-order valence-corrected chi connectivity index (χ4v) is 1.82. The van der Waals surface area contributed by atoms with Crippen LogP contribution < -0.4 is 10.6 Å². The van der Waals surface area contributed by atoms with E-state index in [1.165, 1.54) is 11.3 Å². The quantitative estimate of drug-likeness (QED) is 0.817. The molecule has 0 aliphatic carbocycles. The molecule has 0 radical (unpaired) electrons. The van der Waals surface area contributed by atoms with Gasteiger partial charge in [0.25, 0.3) is 0 Å². The van der Waals surface area contributed by atoms with E-state index in [4.69, 9.17) is 5.73 Å². The molecule has 0 aliphatic rings. The number of benzene rings is 1. The fourth-order valence-electron chi connectivity index (χ4n) is 1.82. The minimum Gasteiger partial charge on any atom is -0.368 e. The standard InChI is InChI=1S/C14H25N3/c1-12(2)17(10-9-16(3)4)14-7-5-13(11-15)6-8-14/h5-8,12H,9-11,15H2,1-4H3. The van der Waals surface area contributed by atoms with Gasteiger partial charge < -0.3 is 15.5 Å². The van der Waals surface area contributed by atoms with Crippen molar-refractivity contribution in [2.75, 3.05) is 32.1 Å². The maximum Gasteiger partial charge on any atom is 0.0369 e. The normalized spacial score (nSPS) is 11.2. The van der Waals surface area contributed by atoms with E-state index in [-0.39, 0.29) is 0 Å². The van der Waals surface area contributed by atoms with E-state index in [2.05, 4.69) is 62.0 Å². The number of hydrogen-bond acceptors (Lipinski definition) is 3. The third kappa shape index (κ3) is 4.36. The lowest BCUT2D eigenvalue weighted by molar-refractivity contribution is 0.408. The Morgan fingerprint density at radius 1 is 1.06 bits per heavy atom. The van der Waals surface area contributed by atoms with Crippen LogP contribution in [-0.2, 0) is 6.54 Å². The summed E-state index contributed by atoms with van der Waals surface area (Å²) in [6, 6.07) is 9.06. The van der Waals surface area contributed by atoms with Crippen molar-refractivity contribution < 1.29 is 0 Å². The molecule has 3 nitrogen and oxygen atoms in total. The lowest BCUT2D eigenvalue weighted by atomic mass is 10.1. The molecule has 0 saturated carbocycles. The van der Waals surface area contributed by atoms with Crippen molar-refractivity contribution in [3.8, 4) is 0 Å². The molecule has 1 aromatic rings. The zero-order valence-electron chi connectivity index (χ0n) is 11.5. The lowest BCUT2D eigenvalue weighted by Crippen LogP contribution is -2.36. The lowest BCUT2D eigenvalue weighted by Gasteiger charge is -2.30. The average molecular weight is 235 g/mol. The van der Waals surface area contributed by atoms with Gasteiger partial charge >= 0.3 is 0 Å². The summed E-state index contributed by atoms with van der Waals surface area (Å²) < 4.78 is 0. The first kappa shape index (κ1) is 14.0. The van der Waals surface area contributed by atoms with Crippen molar-refractivity contribution in [3.05, 3.63) is 29.8 Å². The fraction of sp³-hybridized carbons (Fsp3) is 0.571. The topological polar surface area (TPSA) is 32.5 Å². The molecule has 0 amide bonds. The summed E-state index contributed by atoms with van der Waals surface area (Å²) in [6.07, 6.45) is 0. The van der Waals surface area contributed by atoms with Crippen LogP contribution in [0.1, 0.15) is 19.4 Å². The van der Waals surface area contributed by atoms with Gasteiger partial charge in [0.15, 0.2) is 0 Å². The van der Waals surface area contributed by atoms with Crippen LogP contribution >= 0.6 is 0 Å². The predicted octanol–water partition coefficient (Wildman–Crippen LogP) is 1.92. The van der Waals surface area contributed by atoms with Gasteiger partial charge in [0.05, 0.1) is 0 Å². The highest BCUT2D eigenvalue weighted by molar-refractivity contribution is 5.48. The van der Waals surface area contributed by atoms with Crippen molar-refractivity contribution >= 4 is 5.69 Å². The second kappa shape index (κ2) is 6.62. The summed E-state index contributed by atoms with van der Waals surface area (Å²) in [5, 5.41) is 0. The molecule has 0 bridgehead atoms. The Kier molecular flexibility index (Phi) is 5.45. The van der Waals surface area contributed by atoms with Crippen LogP contribution in [0.15, 0.2) is 24.3 Å². The number of rotatable bonds is 6. The third-order valence-corrected chi connectivity index (χ3v) is 2.92. The van der Waals surface area contributed by atoms with E-state index in [1.807, 2.05) is 0 Å². The molecule has 3 heteroatoms. The minimum atomic E-state index is 0.513. The van der Waals surface area contributed by atoms with Crippen LogP contribution in [0.3, 0.4) is 0 Å². The Morgan fingerprint density at radius 3 is 2.06 bits per heavy atom. The van der Waals surface area contributed by atoms with Crippen LogP contribution in [0, 0.1) is 0 Å². The molecule has 0 spiro atoms. The summed E-state index contributed by atoms with van der Waals surface area (Å²) in [6.45, 7) is 7.18. The van der Waals surface area contributed by atoms with Crippen LogP contribution in [0.5, 0.6) is 0 Å². The minimum absolute atomic E-state index is 0.513. The monoisotopic (exact) mass is 235 g/mol. The average Bonchev–Trinajstić information content (AvgIpc) is 2.29. The van der Waals surface area contributed by atoms with Crippen molar-refractivity contribution in [3.63, 3.8) is 0 Å². The second-order valence-electron chi connectivity index (χ2n) is 4.96. The van der Waals surface area contributed by atoms with E-state index in [9.17, 15) is 0 Å². The SMILES string of the molecule is CC(C)N(CCN(C)C)c1ccc(CN)cc1. The second-order valence-corrected chi connectivity index (χ2v) is 4.96. The number of nitrogens with zero attached hydrogens (tertiary/aromatic N) is 2. The Labute approximate surface area is 105 Å². The first-order valence-corrected chi connectivity index (χ1v) is 6.25. The first-order chi connectivity index (χ1) is 8.04. The maximum absolute atomic E-state index is 5.61. The predicted molar refractivity (Wildman–Crippen MR) is 75.4 cm³/mol. The van der Waals surface area contributed by atoms with E-state index in [1.54, 1.807) is 0 Å². The number of nitrogens with two attached hydrogens (primary N) is 1. The van der Waals surface area contributed by atoms with E-state index in [0.29, 0.717) is 12.6 Å². The van der Waals surface area contributed by atoms with Crippen LogP contribution in [-0.4, -0.2) is 38.1 Å². The molecular weight excluding hydrogens is 210 g/mol. The zero-order valence-corrected chi connectivity index (χ0v) is 11.5. The Bertz CT molecular complexity index is 317. The largest absolute Gasteiger partial charge is 0.368 e. The van der Waals surface area contributed by atoms with E-state index < -0.39 is 0 Å². The molecule has 0 aliphatic heterocycles. The van der Waals surface area contributed by atoms with Crippen molar-refractivity contribution in [1.29, 1.82) is 0 Å². The third-order valence-electron chi connectivity index (χ3n) is 2.92. The highest BCUT2D eigenvalue weighted by atomic mass is 15.2. The van der Waals surface area contributed by atoms with Gasteiger partial charge in [0.2, 0.25) is 0 Å². The van der Waals surface area contributed by atoms with Gasteiger partial charge in [-0.25, -0.2) is 0 Å². The summed E-state index contributed by atoms with van der Waals surface area (Å²) in [5.74, 6) is 0. The molecule has 0 heterocycles. The Hall–Kier alpha value is -1.06. The summed E-state index contributed by atoms with van der Waals surface area (Å²) in [5.41, 5.74) is 8.08. The number of hydrogen-bond donors (Lipinski definition) is 1. The molecule has 0 aromatic heterocycles. The molecule has 2 N–H and O–H groups in total. The van der Waals surface area contributed by atoms with Gasteiger partial charge in [0, 0.05) is 31.4 Å². The van der Waals surface area contributed by atoms with Gasteiger partial charge in [-0.15, -0.1) is 0 Å². The number of anilines is 1. The van der Waals surface area contributed by atoms with Crippen LogP contribution in [0.2, 0.25) is 0 Å². The van der Waals surface area contributed by atoms with Crippen molar-refractivity contribution in [2.24, 2.45) is 5.73 Å². The highest BCUT2D eigenvalue weighted by Crippen LogP contribution is 2.17. The summed E-state index contributed by atoms with van der Waals surface area (Å²) >= 11 is 0. The molecule has 0 saturated heterocycles. The molecule has 1 rings (SSSR count). The van der Waals surface area contributed by atoms with Gasteiger partial charge in [-0.05, 0) is 45.6 Å². The molecule has 96 valence electrons. The first-order valence-electron chi connectivity index (χ1n) is 6.25. The van der Waals surface area contributed by atoms with E-state index >= 15 is 0 Å². The Morgan fingerprint density at radius 2 is 1.65 bits per heavy atom. The maximum atomic E-state index is 5.61. The molecule has 0 unspecified atom stereocenters. The highest BCUT2D eigenvalue weighted by Gasteiger charge is 2.10. The molecule has 1 aromatic carbocycles. The van der Waals surface area contributed by atoms with Gasteiger partial charge in [-0.2, -0.15) is 0 Å². The molecule has 0 atom stereocenters. The smallest absolute Gasteiger partial charge is 0.0369 e. The Balaban J connectivity index is 2.74. The van der Waals surface area contributed by atoms with Gasteiger partial charge in [-0.1, -0.05) is 12.1 Å². The summed E-state index contributed by atoms with van der Waals surface area (Å²) in [4.78, 5) is 4.63. The summed E-state index contributed by atoms with van der Waals surface area (Å²) in [7, 11) is 4.21. The van der Waals surface area contributed by atoms with Gasteiger partial charge in [-0.3, -0.25) is 0 Å². The van der Waals surface area contributed by atoms with Crippen LogP contribution in [0.25, 0.3) is 0 Å². The molecule has 0 fully saturated rings. The number of likely N-dealkylation sites (N-methyl/N-ethyl adjacent to an activating group) is 1. The van der Waals surface area contributed by atoms with Crippen molar-refractivity contribution in [1.82, 2.24) is 4.90 Å². The zero-order chi connectivity index (χ0) is 12.8. The molecule has 17 heavy (non-hydrogen) atoms. The van der Waals surface area contributed by atoms with Crippen LogP contribution in [0.4, 0.5) is 5.69 Å².